The van der Waals surface area contributed by atoms with Crippen molar-refractivity contribution in [3.05, 3.63) is 48.4 Å². The van der Waals surface area contributed by atoms with Crippen molar-refractivity contribution in [3.63, 3.8) is 0 Å². The standard InChI is InChI=1S/C21H25N5O3/c1-3-24-14-18(25-10-12-26(13-11-25)21(27)28-2)17-7-8-19(23-20(17)24)29-15-16-6-4-5-9-22-16/h4-9,14H,3,10-13,15H2,1-2H3. The van der Waals surface area contributed by atoms with Gasteiger partial charge < -0.3 is 23.8 Å². The Morgan fingerprint density at radius 3 is 2.66 bits per heavy atom. The predicted molar refractivity (Wildman–Crippen MR) is 110 cm³/mol. The minimum Gasteiger partial charge on any atom is -0.471 e. The normalized spacial score (nSPS) is 14.3. The van der Waals surface area contributed by atoms with E-state index in [4.69, 9.17) is 14.5 Å². The minimum absolute atomic E-state index is 0.267. The number of carbonyl (C=O) groups is 1. The minimum atomic E-state index is -0.267. The van der Waals surface area contributed by atoms with Crippen LogP contribution in [0.4, 0.5) is 10.5 Å². The van der Waals surface area contributed by atoms with E-state index in [1.807, 2.05) is 24.3 Å². The van der Waals surface area contributed by atoms with Crippen molar-refractivity contribution in [2.45, 2.75) is 20.1 Å². The van der Waals surface area contributed by atoms with Gasteiger partial charge in [0.15, 0.2) is 0 Å². The van der Waals surface area contributed by atoms with Gasteiger partial charge in [-0.25, -0.2) is 4.79 Å². The van der Waals surface area contributed by atoms with E-state index in [0.717, 1.165) is 42.0 Å². The topological polar surface area (TPSA) is 72.7 Å². The Kier molecular flexibility index (Phi) is 5.50. The summed E-state index contributed by atoms with van der Waals surface area (Å²) in [6, 6.07) is 9.72. The van der Waals surface area contributed by atoms with Crippen LogP contribution in [0, 0.1) is 0 Å². The third-order valence-corrected chi connectivity index (χ3v) is 5.16. The Bertz CT molecular complexity index is 981. The average Bonchev–Trinajstić information content (AvgIpc) is 3.16. The van der Waals surface area contributed by atoms with Crippen molar-refractivity contribution < 1.29 is 14.3 Å². The zero-order valence-electron chi connectivity index (χ0n) is 16.7. The van der Waals surface area contributed by atoms with Crippen molar-refractivity contribution >= 4 is 22.8 Å². The Hall–Kier alpha value is -3.29. The van der Waals surface area contributed by atoms with Crippen LogP contribution < -0.4 is 9.64 Å². The first kappa shape index (κ1) is 19.0. The molecule has 8 nitrogen and oxygen atoms in total. The molecule has 3 aromatic heterocycles. The summed E-state index contributed by atoms with van der Waals surface area (Å²) >= 11 is 0. The van der Waals surface area contributed by atoms with Gasteiger partial charge in [0, 0.05) is 56.6 Å². The summed E-state index contributed by atoms with van der Waals surface area (Å²) in [5.41, 5.74) is 2.90. The molecule has 0 aliphatic carbocycles. The van der Waals surface area contributed by atoms with Gasteiger partial charge in [-0.05, 0) is 25.1 Å². The molecular weight excluding hydrogens is 370 g/mol. The van der Waals surface area contributed by atoms with Crippen LogP contribution in [0.25, 0.3) is 11.0 Å². The monoisotopic (exact) mass is 395 g/mol. The number of aromatic nitrogens is 3. The van der Waals surface area contributed by atoms with Crippen LogP contribution in [-0.4, -0.2) is 58.8 Å². The third-order valence-electron chi connectivity index (χ3n) is 5.16. The number of carbonyl (C=O) groups excluding carboxylic acids is 1. The molecule has 29 heavy (non-hydrogen) atoms. The molecule has 0 bridgehead atoms. The summed E-state index contributed by atoms with van der Waals surface area (Å²) in [5, 5.41) is 1.09. The molecule has 3 aromatic rings. The lowest BCUT2D eigenvalue weighted by Gasteiger charge is -2.34. The zero-order valence-corrected chi connectivity index (χ0v) is 16.7. The second-order valence-corrected chi connectivity index (χ2v) is 6.87. The Balaban J connectivity index is 1.53. The summed E-state index contributed by atoms with van der Waals surface area (Å²) in [7, 11) is 1.42. The number of ether oxygens (including phenoxy) is 2. The molecule has 1 aliphatic heterocycles. The van der Waals surface area contributed by atoms with Gasteiger partial charge in [-0.15, -0.1) is 0 Å². The second-order valence-electron chi connectivity index (χ2n) is 6.87. The molecule has 1 amide bonds. The molecule has 0 aromatic carbocycles. The largest absolute Gasteiger partial charge is 0.471 e. The summed E-state index contributed by atoms with van der Waals surface area (Å²) in [4.78, 5) is 24.8. The number of hydrogen-bond donors (Lipinski definition) is 0. The summed E-state index contributed by atoms with van der Waals surface area (Å²) in [6.45, 7) is 6.10. The predicted octanol–water partition coefficient (Wildman–Crippen LogP) is 2.92. The van der Waals surface area contributed by atoms with Crippen molar-refractivity contribution in [1.29, 1.82) is 0 Å². The van der Waals surface area contributed by atoms with E-state index in [-0.39, 0.29) is 6.09 Å². The number of aryl methyl sites for hydroxylation is 1. The van der Waals surface area contributed by atoms with Crippen LogP contribution in [0.3, 0.4) is 0 Å². The van der Waals surface area contributed by atoms with Crippen molar-refractivity contribution in [3.8, 4) is 5.88 Å². The van der Waals surface area contributed by atoms with Gasteiger partial charge in [0.2, 0.25) is 5.88 Å². The number of amides is 1. The molecule has 0 spiro atoms. The SMILES string of the molecule is CCn1cc(N2CCN(C(=O)OC)CC2)c2ccc(OCc3ccccn3)nc21. The fourth-order valence-electron chi connectivity index (χ4n) is 3.59. The van der Waals surface area contributed by atoms with Crippen LogP contribution in [0.15, 0.2) is 42.7 Å². The van der Waals surface area contributed by atoms with E-state index in [9.17, 15) is 4.79 Å². The molecule has 1 aliphatic rings. The van der Waals surface area contributed by atoms with Gasteiger partial charge in [-0.1, -0.05) is 6.07 Å². The third kappa shape index (κ3) is 3.96. The quantitative estimate of drug-likeness (QED) is 0.661. The van der Waals surface area contributed by atoms with E-state index < -0.39 is 0 Å². The molecule has 0 unspecified atom stereocenters. The van der Waals surface area contributed by atoms with E-state index in [1.54, 1.807) is 11.1 Å². The molecule has 1 fully saturated rings. The van der Waals surface area contributed by atoms with Gasteiger partial charge in [-0.2, -0.15) is 4.98 Å². The van der Waals surface area contributed by atoms with Gasteiger partial charge >= 0.3 is 6.09 Å². The molecule has 1 saturated heterocycles. The highest BCUT2D eigenvalue weighted by Crippen LogP contribution is 2.30. The van der Waals surface area contributed by atoms with Crippen molar-refractivity contribution in [2.75, 3.05) is 38.2 Å². The fraction of sp³-hybridized carbons (Fsp3) is 0.381. The maximum Gasteiger partial charge on any atom is 0.409 e. The number of pyridine rings is 2. The highest BCUT2D eigenvalue weighted by molar-refractivity contribution is 5.91. The zero-order chi connectivity index (χ0) is 20.2. The van der Waals surface area contributed by atoms with Crippen molar-refractivity contribution in [1.82, 2.24) is 19.4 Å². The maximum absolute atomic E-state index is 11.7. The molecule has 0 atom stereocenters. The maximum atomic E-state index is 11.7. The van der Waals surface area contributed by atoms with Gasteiger partial charge in [-0.3, -0.25) is 4.98 Å². The number of nitrogens with zero attached hydrogens (tertiary/aromatic N) is 5. The van der Waals surface area contributed by atoms with Crippen LogP contribution in [0.5, 0.6) is 5.88 Å². The lowest BCUT2D eigenvalue weighted by atomic mass is 10.2. The van der Waals surface area contributed by atoms with Gasteiger partial charge in [0.25, 0.3) is 0 Å². The second kappa shape index (κ2) is 8.38. The van der Waals surface area contributed by atoms with Gasteiger partial charge in [0.05, 0.1) is 18.5 Å². The molecule has 0 saturated carbocycles. The molecule has 4 rings (SSSR count). The number of piperazine rings is 1. The van der Waals surface area contributed by atoms with E-state index in [0.29, 0.717) is 25.6 Å². The van der Waals surface area contributed by atoms with E-state index in [2.05, 4.69) is 33.6 Å². The molecule has 8 heteroatoms. The van der Waals surface area contributed by atoms with Crippen molar-refractivity contribution in [2.24, 2.45) is 0 Å². The molecular formula is C21H25N5O3. The highest BCUT2D eigenvalue weighted by Gasteiger charge is 2.24. The molecule has 0 radical (unpaired) electrons. The number of rotatable bonds is 5. The highest BCUT2D eigenvalue weighted by atomic mass is 16.5. The number of fused-ring (bicyclic) bond motifs is 1. The number of anilines is 1. The average molecular weight is 395 g/mol. The Morgan fingerprint density at radius 1 is 1.14 bits per heavy atom. The smallest absolute Gasteiger partial charge is 0.409 e. The Morgan fingerprint density at radius 2 is 1.97 bits per heavy atom. The summed E-state index contributed by atoms with van der Waals surface area (Å²) < 4.78 is 12.8. The van der Waals surface area contributed by atoms with E-state index >= 15 is 0 Å². The lowest BCUT2D eigenvalue weighted by Crippen LogP contribution is -2.48. The lowest BCUT2D eigenvalue weighted by molar-refractivity contribution is 0.121. The van der Waals surface area contributed by atoms with Crippen LogP contribution in [0.1, 0.15) is 12.6 Å². The number of methoxy groups -OCH3 is 1. The Labute approximate surface area is 169 Å². The van der Waals surface area contributed by atoms with Crippen LogP contribution in [-0.2, 0) is 17.9 Å². The van der Waals surface area contributed by atoms with Crippen LogP contribution >= 0.6 is 0 Å². The first-order valence-corrected chi connectivity index (χ1v) is 9.80. The molecule has 4 heterocycles. The number of hydrogen-bond acceptors (Lipinski definition) is 6. The summed E-state index contributed by atoms with van der Waals surface area (Å²) in [6.07, 6.45) is 3.62. The first-order valence-electron chi connectivity index (χ1n) is 9.80. The summed E-state index contributed by atoms with van der Waals surface area (Å²) in [5.74, 6) is 0.581. The fourth-order valence-corrected chi connectivity index (χ4v) is 3.59. The van der Waals surface area contributed by atoms with E-state index in [1.165, 1.54) is 7.11 Å². The molecule has 152 valence electrons. The molecule has 0 N–H and O–H groups in total. The van der Waals surface area contributed by atoms with Crippen LogP contribution in [0.2, 0.25) is 0 Å². The van der Waals surface area contributed by atoms with Gasteiger partial charge in [0.1, 0.15) is 12.3 Å². The first-order chi connectivity index (χ1) is 14.2.